The molecule has 0 aliphatic carbocycles. The lowest BCUT2D eigenvalue weighted by atomic mass is 10.1. The fourth-order valence-electron chi connectivity index (χ4n) is 2.71. The Kier molecular flexibility index (Phi) is 6.96. The number of hydrogen-bond acceptors (Lipinski definition) is 7. The monoisotopic (exact) mass is 474 g/mol. The quantitative estimate of drug-likeness (QED) is 0.272. The van der Waals surface area contributed by atoms with Gasteiger partial charge in [-0.15, -0.1) is 0 Å². The van der Waals surface area contributed by atoms with Crippen LogP contribution in [-0.2, 0) is 10.0 Å². The number of nitrogens with one attached hydrogen (secondary N) is 2. The van der Waals surface area contributed by atoms with Gasteiger partial charge >= 0.3 is 0 Å². The van der Waals surface area contributed by atoms with Crippen LogP contribution in [0.2, 0.25) is 5.02 Å². The number of sulfonamides is 1. The molecule has 3 aromatic rings. The van der Waals surface area contributed by atoms with Gasteiger partial charge in [-0.25, -0.2) is 8.42 Å². The van der Waals surface area contributed by atoms with E-state index >= 15 is 0 Å². The summed E-state index contributed by atoms with van der Waals surface area (Å²) in [7, 11) is -2.69. The fraction of sp³-hybridized carbons (Fsp3) is 0.0952. The zero-order valence-electron chi connectivity index (χ0n) is 17.1. The first-order chi connectivity index (χ1) is 15.2. The number of anilines is 2. The van der Waals surface area contributed by atoms with E-state index < -0.39 is 14.9 Å². The molecule has 3 aromatic carbocycles. The zero-order valence-corrected chi connectivity index (χ0v) is 18.6. The number of hydrazone groups is 1. The van der Waals surface area contributed by atoms with E-state index in [2.05, 4.69) is 15.2 Å². The average Bonchev–Trinajstić information content (AvgIpc) is 2.78. The Balaban J connectivity index is 1.95. The van der Waals surface area contributed by atoms with Gasteiger partial charge in [0, 0.05) is 22.8 Å². The second-order valence-corrected chi connectivity index (χ2v) is 8.67. The molecule has 3 rings (SSSR count). The van der Waals surface area contributed by atoms with Crippen LogP contribution >= 0.6 is 11.6 Å². The van der Waals surface area contributed by atoms with Crippen molar-refractivity contribution < 1.29 is 18.1 Å². The third-order valence-electron chi connectivity index (χ3n) is 4.41. The Morgan fingerprint density at radius 1 is 1.06 bits per heavy atom. The summed E-state index contributed by atoms with van der Waals surface area (Å²) < 4.78 is 33.5. The molecule has 2 N–H and O–H groups in total. The molecular weight excluding hydrogens is 456 g/mol. The number of methoxy groups -OCH3 is 1. The van der Waals surface area contributed by atoms with Crippen molar-refractivity contribution in [3.8, 4) is 5.75 Å². The van der Waals surface area contributed by atoms with Crippen molar-refractivity contribution in [2.24, 2.45) is 5.10 Å². The summed E-state index contributed by atoms with van der Waals surface area (Å²) in [6.07, 6.45) is 0. The molecule has 0 aliphatic rings. The summed E-state index contributed by atoms with van der Waals surface area (Å²) in [6.45, 7) is 1.73. The predicted molar refractivity (Wildman–Crippen MR) is 124 cm³/mol. The van der Waals surface area contributed by atoms with Crippen LogP contribution in [-0.4, -0.2) is 26.2 Å². The SMILES string of the molecule is COc1ccc(NS(=O)(=O)c2cc([N+](=O)[O-])ccc2NN=C(C)c2ccc(Cl)cc2)cc1. The molecule has 9 nitrogen and oxygen atoms in total. The van der Waals surface area contributed by atoms with Gasteiger partial charge in [-0.1, -0.05) is 23.7 Å². The summed E-state index contributed by atoms with van der Waals surface area (Å²) in [6, 6.07) is 16.6. The van der Waals surface area contributed by atoms with E-state index in [9.17, 15) is 18.5 Å². The molecular formula is C21H19ClN4O5S. The lowest BCUT2D eigenvalue weighted by Crippen LogP contribution is -2.15. The third kappa shape index (κ3) is 5.54. The Morgan fingerprint density at radius 3 is 2.31 bits per heavy atom. The number of rotatable bonds is 8. The number of nitro benzene ring substituents is 1. The number of benzene rings is 3. The second-order valence-electron chi connectivity index (χ2n) is 6.59. The van der Waals surface area contributed by atoms with E-state index in [1.54, 1.807) is 43.3 Å². The Bertz CT molecular complexity index is 1260. The van der Waals surface area contributed by atoms with Crippen LogP contribution in [0.4, 0.5) is 17.1 Å². The molecule has 0 fully saturated rings. The molecule has 0 atom stereocenters. The molecule has 32 heavy (non-hydrogen) atoms. The average molecular weight is 475 g/mol. The van der Waals surface area contributed by atoms with Crippen molar-refractivity contribution in [1.29, 1.82) is 0 Å². The molecule has 0 saturated carbocycles. The van der Waals surface area contributed by atoms with E-state index in [1.165, 1.54) is 31.4 Å². The van der Waals surface area contributed by atoms with Gasteiger partial charge in [0.15, 0.2) is 0 Å². The largest absolute Gasteiger partial charge is 0.497 e. The van der Waals surface area contributed by atoms with Crippen molar-refractivity contribution in [3.05, 3.63) is 87.4 Å². The Labute approximate surface area is 189 Å². The van der Waals surface area contributed by atoms with Gasteiger partial charge in [0.05, 0.1) is 23.4 Å². The Morgan fingerprint density at radius 2 is 1.72 bits per heavy atom. The van der Waals surface area contributed by atoms with Crippen molar-refractivity contribution in [2.75, 3.05) is 17.3 Å². The number of nitro groups is 1. The van der Waals surface area contributed by atoms with Gasteiger partial charge in [-0.05, 0) is 55.0 Å². The molecule has 11 heteroatoms. The highest BCUT2D eigenvalue weighted by molar-refractivity contribution is 7.92. The van der Waals surface area contributed by atoms with E-state index in [0.717, 1.165) is 11.6 Å². The molecule has 0 unspecified atom stereocenters. The predicted octanol–water partition coefficient (Wildman–Crippen LogP) is 4.89. The first-order valence-electron chi connectivity index (χ1n) is 9.21. The molecule has 0 aliphatic heterocycles. The van der Waals surface area contributed by atoms with E-state index in [4.69, 9.17) is 16.3 Å². The number of hydrogen-bond donors (Lipinski definition) is 2. The smallest absolute Gasteiger partial charge is 0.270 e. The van der Waals surface area contributed by atoms with Crippen LogP contribution in [0, 0.1) is 10.1 Å². The van der Waals surface area contributed by atoms with Gasteiger partial charge in [-0.3, -0.25) is 20.3 Å². The van der Waals surface area contributed by atoms with E-state index in [0.29, 0.717) is 16.5 Å². The minimum atomic E-state index is -4.18. The first-order valence-corrected chi connectivity index (χ1v) is 11.1. The van der Waals surface area contributed by atoms with Crippen molar-refractivity contribution in [2.45, 2.75) is 11.8 Å². The lowest BCUT2D eigenvalue weighted by Gasteiger charge is -2.13. The van der Waals surface area contributed by atoms with Crippen LogP contribution in [0.3, 0.4) is 0 Å². The van der Waals surface area contributed by atoms with Crippen molar-refractivity contribution in [3.63, 3.8) is 0 Å². The molecule has 0 heterocycles. The molecule has 0 bridgehead atoms. The van der Waals surface area contributed by atoms with Gasteiger partial charge in [-0.2, -0.15) is 5.10 Å². The van der Waals surface area contributed by atoms with Crippen molar-refractivity contribution in [1.82, 2.24) is 0 Å². The van der Waals surface area contributed by atoms with Gasteiger partial charge in [0.2, 0.25) is 0 Å². The highest BCUT2D eigenvalue weighted by Gasteiger charge is 2.23. The van der Waals surface area contributed by atoms with Crippen LogP contribution in [0.25, 0.3) is 0 Å². The van der Waals surface area contributed by atoms with Crippen LogP contribution in [0.15, 0.2) is 76.7 Å². The van der Waals surface area contributed by atoms with Crippen LogP contribution < -0.4 is 14.9 Å². The molecule has 0 spiro atoms. The molecule has 0 amide bonds. The van der Waals surface area contributed by atoms with Crippen molar-refractivity contribution >= 4 is 44.4 Å². The first kappa shape index (κ1) is 23.0. The third-order valence-corrected chi connectivity index (χ3v) is 6.09. The number of non-ortho nitro benzene ring substituents is 1. The standard InChI is InChI=1S/C21H19ClN4O5S/c1-14(15-3-5-16(22)6-4-15)23-24-20-12-9-18(26(27)28)13-21(20)32(29,30)25-17-7-10-19(31-2)11-8-17/h3-13,24-25H,1-2H3. The fourth-order valence-corrected chi connectivity index (χ4v) is 4.07. The minimum Gasteiger partial charge on any atom is -0.497 e. The van der Waals surface area contributed by atoms with Crippen LogP contribution in [0.5, 0.6) is 5.75 Å². The minimum absolute atomic E-state index is 0.0740. The summed E-state index contributed by atoms with van der Waals surface area (Å²) >= 11 is 5.89. The summed E-state index contributed by atoms with van der Waals surface area (Å²) in [4.78, 5) is 10.2. The maximum atomic E-state index is 13.0. The molecule has 0 aromatic heterocycles. The maximum Gasteiger partial charge on any atom is 0.270 e. The van der Waals surface area contributed by atoms with E-state index in [-0.39, 0.29) is 22.0 Å². The normalized spacial score (nSPS) is 11.7. The number of halogens is 1. The van der Waals surface area contributed by atoms with Gasteiger partial charge in [0.25, 0.3) is 15.7 Å². The number of ether oxygens (including phenoxy) is 1. The molecule has 0 radical (unpaired) electrons. The second kappa shape index (κ2) is 9.67. The highest BCUT2D eigenvalue weighted by Crippen LogP contribution is 2.29. The summed E-state index contributed by atoms with van der Waals surface area (Å²) in [5.41, 5.74) is 4.00. The lowest BCUT2D eigenvalue weighted by molar-refractivity contribution is -0.385. The Hall–Kier alpha value is -3.63. The topological polar surface area (TPSA) is 123 Å². The number of nitrogens with zero attached hydrogens (tertiary/aromatic N) is 2. The van der Waals surface area contributed by atoms with Crippen LogP contribution in [0.1, 0.15) is 12.5 Å². The summed E-state index contributed by atoms with van der Waals surface area (Å²) in [5, 5.41) is 16.0. The van der Waals surface area contributed by atoms with Gasteiger partial charge in [0.1, 0.15) is 10.6 Å². The zero-order chi connectivity index (χ0) is 23.3. The molecule has 0 saturated heterocycles. The molecule has 166 valence electrons. The van der Waals surface area contributed by atoms with E-state index in [1.807, 2.05) is 0 Å². The maximum absolute atomic E-state index is 13.0. The summed E-state index contributed by atoms with van der Waals surface area (Å²) in [5.74, 6) is 0.553. The van der Waals surface area contributed by atoms with Gasteiger partial charge < -0.3 is 4.74 Å². The highest BCUT2D eigenvalue weighted by atomic mass is 35.5.